The van der Waals surface area contributed by atoms with Crippen molar-refractivity contribution < 1.29 is 24.3 Å². The van der Waals surface area contributed by atoms with Crippen molar-refractivity contribution in [2.75, 3.05) is 0 Å². The smallest absolute Gasteiger partial charge is 0.303 e. The average Bonchev–Trinajstić information content (AvgIpc) is 3.01. The van der Waals surface area contributed by atoms with Gasteiger partial charge in [0.15, 0.2) is 0 Å². The lowest BCUT2D eigenvalue weighted by Crippen LogP contribution is -2.60. The van der Waals surface area contributed by atoms with E-state index in [-0.39, 0.29) is 64.7 Å². The third-order valence-corrected chi connectivity index (χ3v) is 9.72. The highest BCUT2D eigenvalue weighted by Crippen LogP contribution is 2.66. The van der Waals surface area contributed by atoms with Gasteiger partial charge in [0.05, 0.1) is 0 Å². The zero-order valence-corrected chi connectivity index (χ0v) is 17.9. The van der Waals surface area contributed by atoms with Crippen LogP contribution in [0.5, 0.6) is 0 Å². The summed E-state index contributed by atoms with van der Waals surface area (Å²) in [4.78, 5) is 50.0. The Labute approximate surface area is 173 Å². The normalized spacial score (nSPS) is 45.3. The van der Waals surface area contributed by atoms with E-state index in [2.05, 4.69) is 20.8 Å². The number of ketones is 3. The van der Waals surface area contributed by atoms with Gasteiger partial charge in [0.2, 0.25) is 0 Å². The van der Waals surface area contributed by atoms with Gasteiger partial charge >= 0.3 is 5.97 Å². The molecule has 0 heterocycles. The molecule has 4 saturated carbocycles. The summed E-state index contributed by atoms with van der Waals surface area (Å²) >= 11 is 0. The number of Topliss-reactive ketones (excluding diaryl/α,β-unsaturated/α-hetero) is 3. The molecule has 4 fully saturated rings. The molecule has 0 aromatic carbocycles. The summed E-state index contributed by atoms with van der Waals surface area (Å²) in [5.41, 5.74) is -0.598. The fourth-order valence-corrected chi connectivity index (χ4v) is 7.94. The summed E-state index contributed by atoms with van der Waals surface area (Å²) in [6, 6.07) is 0. The van der Waals surface area contributed by atoms with Gasteiger partial charge < -0.3 is 5.11 Å². The molecule has 8 atom stereocenters. The van der Waals surface area contributed by atoms with Crippen LogP contribution >= 0.6 is 0 Å². The molecule has 0 amide bonds. The maximum Gasteiger partial charge on any atom is 0.303 e. The number of aliphatic carboxylic acids is 1. The Balaban J connectivity index is 1.63. The Morgan fingerprint density at radius 3 is 2.52 bits per heavy atom. The second-order valence-corrected chi connectivity index (χ2v) is 10.9. The zero-order chi connectivity index (χ0) is 21.1. The molecule has 0 aromatic heterocycles. The lowest BCUT2D eigenvalue weighted by atomic mass is 9.44. The monoisotopic (exact) mass is 402 g/mol. The van der Waals surface area contributed by atoms with Crippen LogP contribution in [-0.2, 0) is 19.2 Å². The van der Waals surface area contributed by atoms with Gasteiger partial charge in [0.25, 0.3) is 0 Å². The van der Waals surface area contributed by atoms with Crippen molar-refractivity contribution in [3.8, 4) is 0 Å². The van der Waals surface area contributed by atoms with Crippen molar-refractivity contribution in [1.82, 2.24) is 0 Å². The first-order valence-corrected chi connectivity index (χ1v) is 11.4. The largest absolute Gasteiger partial charge is 0.481 e. The van der Waals surface area contributed by atoms with Crippen LogP contribution in [0.25, 0.3) is 0 Å². The van der Waals surface area contributed by atoms with E-state index in [1.165, 1.54) is 0 Å². The molecule has 160 valence electrons. The van der Waals surface area contributed by atoms with E-state index in [1.54, 1.807) is 0 Å². The molecule has 4 aliphatic carbocycles. The Hall–Kier alpha value is -1.52. The summed E-state index contributed by atoms with van der Waals surface area (Å²) in [5.74, 6) is 0.524. The standard InChI is InChI=1S/C24H34O5/c1-13(4-7-21(28)29)16-5-6-17-22-18(12-20(27)24(16,17)3)23(2)9-8-15(25)10-14(23)11-19(22)26/h13-14,16-18,22H,4-12H2,1-3H3,(H,28,29)/t13-,14?,16-,17+,18+,22+,23+,24-/m1/s1. The van der Waals surface area contributed by atoms with Crippen LogP contribution in [0.2, 0.25) is 0 Å². The van der Waals surface area contributed by atoms with Gasteiger partial charge in [-0.2, -0.15) is 0 Å². The van der Waals surface area contributed by atoms with Crippen LogP contribution in [0.3, 0.4) is 0 Å². The molecule has 0 bridgehead atoms. The number of hydrogen-bond donors (Lipinski definition) is 1. The van der Waals surface area contributed by atoms with Crippen LogP contribution in [0.1, 0.15) is 78.6 Å². The highest BCUT2D eigenvalue weighted by atomic mass is 16.4. The van der Waals surface area contributed by atoms with E-state index in [0.29, 0.717) is 32.1 Å². The van der Waals surface area contributed by atoms with E-state index in [0.717, 1.165) is 19.3 Å². The van der Waals surface area contributed by atoms with Gasteiger partial charge in [0.1, 0.15) is 17.3 Å². The quantitative estimate of drug-likeness (QED) is 0.766. The highest BCUT2D eigenvalue weighted by Gasteiger charge is 2.66. The number of carbonyl (C=O) groups is 4. The van der Waals surface area contributed by atoms with Gasteiger partial charge in [-0.15, -0.1) is 0 Å². The minimum atomic E-state index is -0.792. The zero-order valence-electron chi connectivity index (χ0n) is 17.9. The van der Waals surface area contributed by atoms with Gasteiger partial charge in [-0.3, -0.25) is 19.2 Å². The van der Waals surface area contributed by atoms with Crippen molar-refractivity contribution in [2.24, 2.45) is 46.3 Å². The molecule has 0 aromatic rings. The third-order valence-electron chi connectivity index (χ3n) is 9.72. The van der Waals surface area contributed by atoms with Crippen LogP contribution < -0.4 is 0 Å². The first kappa shape index (κ1) is 20.7. The van der Waals surface area contributed by atoms with Crippen LogP contribution in [0.4, 0.5) is 0 Å². The summed E-state index contributed by atoms with van der Waals surface area (Å²) in [6.45, 7) is 6.37. The number of carbonyl (C=O) groups excluding carboxylic acids is 3. The van der Waals surface area contributed by atoms with Crippen molar-refractivity contribution in [1.29, 1.82) is 0 Å². The fourth-order valence-electron chi connectivity index (χ4n) is 7.94. The Morgan fingerprint density at radius 2 is 1.83 bits per heavy atom. The predicted molar refractivity (Wildman–Crippen MR) is 107 cm³/mol. The second-order valence-electron chi connectivity index (χ2n) is 10.9. The van der Waals surface area contributed by atoms with Crippen LogP contribution in [0, 0.1) is 46.3 Å². The van der Waals surface area contributed by atoms with Crippen molar-refractivity contribution in [3.63, 3.8) is 0 Å². The van der Waals surface area contributed by atoms with Crippen molar-refractivity contribution >= 4 is 23.3 Å². The molecule has 1 N–H and O–H groups in total. The number of carboxylic acids is 1. The molecule has 0 saturated heterocycles. The average molecular weight is 403 g/mol. The van der Waals surface area contributed by atoms with E-state index in [9.17, 15) is 19.2 Å². The maximum absolute atomic E-state index is 13.6. The first-order chi connectivity index (χ1) is 13.6. The van der Waals surface area contributed by atoms with Crippen molar-refractivity contribution in [2.45, 2.75) is 78.6 Å². The fraction of sp³-hybridized carbons (Fsp3) is 0.833. The van der Waals surface area contributed by atoms with E-state index < -0.39 is 11.4 Å². The minimum absolute atomic E-state index is 0.0659. The Morgan fingerprint density at radius 1 is 1.10 bits per heavy atom. The Kier molecular flexibility index (Phi) is 5.02. The van der Waals surface area contributed by atoms with Crippen molar-refractivity contribution in [3.05, 3.63) is 0 Å². The molecule has 0 radical (unpaired) electrons. The highest BCUT2D eigenvalue weighted by molar-refractivity contribution is 5.93. The molecule has 5 heteroatoms. The van der Waals surface area contributed by atoms with Gasteiger partial charge in [-0.25, -0.2) is 0 Å². The second kappa shape index (κ2) is 7.02. The molecule has 29 heavy (non-hydrogen) atoms. The molecule has 4 aliphatic rings. The summed E-state index contributed by atoms with van der Waals surface area (Å²) in [5, 5.41) is 9.06. The van der Waals surface area contributed by atoms with Crippen LogP contribution in [-0.4, -0.2) is 28.4 Å². The predicted octanol–water partition coefficient (Wildman–Crippen LogP) is 4.07. The third kappa shape index (κ3) is 3.02. The SMILES string of the molecule is C[C@H](CCC(=O)O)[C@H]1CC[C@H]2[C@@H]3C(=O)CC4CC(=O)CC[C@]4(C)[C@H]3CC(=O)[C@]12C. The van der Waals surface area contributed by atoms with E-state index >= 15 is 0 Å². The lowest BCUT2D eigenvalue weighted by Gasteiger charge is -2.58. The summed E-state index contributed by atoms with van der Waals surface area (Å²) < 4.78 is 0. The number of carboxylic acid groups (broad SMARTS) is 1. The molecule has 0 spiro atoms. The van der Waals surface area contributed by atoms with Gasteiger partial charge in [-0.1, -0.05) is 20.8 Å². The van der Waals surface area contributed by atoms with Gasteiger partial charge in [0, 0.05) is 43.4 Å². The lowest BCUT2D eigenvalue weighted by molar-refractivity contribution is -0.166. The van der Waals surface area contributed by atoms with Crippen LogP contribution in [0.15, 0.2) is 0 Å². The number of hydrogen-bond acceptors (Lipinski definition) is 4. The summed E-state index contributed by atoms with van der Waals surface area (Å²) in [6.07, 6.45) is 5.33. The van der Waals surface area contributed by atoms with E-state index in [1.807, 2.05) is 0 Å². The first-order valence-electron chi connectivity index (χ1n) is 11.4. The maximum atomic E-state index is 13.6. The number of rotatable bonds is 4. The molecule has 0 aliphatic heterocycles. The van der Waals surface area contributed by atoms with E-state index in [4.69, 9.17) is 5.11 Å². The topological polar surface area (TPSA) is 88.5 Å². The van der Waals surface area contributed by atoms with Gasteiger partial charge in [-0.05, 0) is 60.7 Å². The molecular weight excluding hydrogens is 368 g/mol. The molecule has 4 rings (SSSR count). The molecule has 5 nitrogen and oxygen atoms in total. The Bertz CT molecular complexity index is 756. The minimum Gasteiger partial charge on any atom is -0.481 e. The molecule has 1 unspecified atom stereocenters. The molecular formula is C24H34O5. The number of fused-ring (bicyclic) bond motifs is 5. The summed E-state index contributed by atoms with van der Waals surface area (Å²) in [7, 11) is 0.